The van der Waals surface area contributed by atoms with Crippen molar-refractivity contribution in [2.24, 2.45) is 0 Å². The molecule has 0 aliphatic carbocycles. The molecule has 0 radical (unpaired) electrons. The second kappa shape index (κ2) is 11.5. The molecule has 1 heterocycles. The molecule has 23 heavy (non-hydrogen) atoms. The summed E-state index contributed by atoms with van der Waals surface area (Å²) in [5.41, 5.74) is 1.88. The number of aryl methyl sites for hydroxylation is 1. The Hall–Kier alpha value is -1.03. The van der Waals surface area contributed by atoms with Crippen molar-refractivity contribution in [2.75, 3.05) is 0 Å². The molecule has 0 amide bonds. The van der Waals surface area contributed by atoms with Gasteiger partial charge in [-0.3, -0.25) is 0 Å². The van der Waals surface area contributed by atoms with Crippen LogP contribution in [-0.2, 0) is 30.6 Å². The van der Waals surface area contributed by atoms with Gasteiger partial charge in [0.05, 0.1) is 11.9 Å². The van der Waals surface area contributed by atoms with E-state index in [1.165, 1.54) is 0 Å². The van der Waals surface area contributed by atoms with Gasteiger partial charge in [-0.25, -0.2) is 4.79 Å². The van der Waals surface area contributed by atoms with Crippen molar-refractivity contribution in [3.63, 3.8) is 0 Å². The molecule has 2 rings (SSSR count). The van der Waals surface area contributed by atoms with Gasteiger partial charge >= 0.3 is 27.0 Å². The van der Waals surface area contributed by atoms with Crippen molar-refractivity contribution in [1.29, 1.82) is 0 Å². The number of carbonyl (C=O) groups is 1. The van der Waals surface area contributed by atoms with Crippen LogP contribution in [0, 0.1) is 21.3 Å². The monoisotopic (exact) mass is 494 g/mol. The van der Waals surface area contributed by atoms with E-state index in [1.54, 1.807) is 6.07 Å². The molecule has 0 spiro atoms. The number of rotatable bonds is 3. The van der Waals surface area contributed by atoms with Gasteiger partial charge in [0.15, 0.2) is 6.10 Å². The van der Waals surface area contributed by atoms with Crippen LogP contribution in [0.1, 0.15) is 37.8 Å². The van der Waals surface area contributed by atoms with Crippen LogP contribution in [0.4, 0.5) is 0 Å². The van der Waals surface area contributed by atoms with Gasteiger partial charge in [0.25, 0.3) is 0 Å². The number of carboxylic acids is 1. The molecule has 3 unspecified atom stereocenters. The van der Waals surface area contributed by atoms with E-state index in [0.717, 1.165) is 11.1 Å². The number of aliphatic hydroxyl groups is 1. The predicted octanol–water partition coefficient (Wildman–Crippen LogP) is 2.98. The number of ether oxygens (including phenoxy) is 2. The van der Waals surface area contributed by atoms with Crippen LogP contribution in [-0.4, -0.2) is 34.7 Å². The molecule has 1 aromatic rings. The number of hydrogen-bond acceptors (Lipinski definition) is 4. The zero-order chi connectivity index (χ0) is 16.0. The van der Waals surface area contributed by atoms with Crippen molar-refractivity contribution in [2.45, 2.75) is 52.1 Å². The van der Waals surface area contributed by atoms with E-state index in [1.807, 2.05) is 32.9 Å². The molecular formula is C17H26O5W. The van der Waals surface area contributed by atoms with E-state index >= 15 is 0 Å². The van der Waals surface area contributed by atoms with Crippen LogP contribution in [0.3, 0.4) is 0 Å². The van der Waals surface area contributed by atoms with Gasteiger partial charge in [-0.1, -0.05) is 32.9 Å². The minimum absolute atomic E-state index is 0. The normalized spacial score (nSPS) is 22.5. The van der Waals surface area contributed by atoms with Crippen LogP contribution in [0.15, 0.2) is 18.2 Å². The summed E-state index contributed by atoms with van der Waals surface area (Å²) in [5.74, 6) is -0.509. The summed E-state index contributed by atoms with van der Waals surface area (Å²) in [5, 5.41) is 18.6. The van der Waals surface area contributed by atoms with Gasteiger partial charge in [-0.2, -0.15) is 18.6 Å². The minimum Gasteiger partial charge on any atom is -0.479 e. The first-order valence-electron chi connectivity index (χ1n) is 7.11. The number of aliphatic carboxylic acids is 1. The fourth-order valence-electron chi connectivity index (χ4n) is 1.99. The largest absolute Gasteiger partial charge is 2.00 e. The Kier molecular flexibility index (Phi) is 12.1. The third kappa shape index (κ3) is 7.38. The summed E-state index contributed by atoms with van der Waals surface area (Å²) in [6.45, 7) is 9.76. The molecule has 1 aliphatic heterocycles. The van der Waals surface area contributed by atoms with Crippen molar-refractivity contribution < 1.29 is 45.5 Å². The van der Waals surface area contributed by atoms with Gasteiger partial charge in [0.1, 0.15) is 0 Å². The van der Waals surface area contributed by atoms with Crippen LogP contribution in [0.5, 0.6) is 5.75 Å². The summed E-state index contributed by atoms with van der Waals surface area (Å²) in [4.78, 5) is 10.9. The van der Waals surface area contributed by atoms with Crippen LogP contribution < -0.4 is 4.74 Å². The molecule has 2 N–H and O–H groups in total. The molecule has 130 valence electrons. The number of benzene rings is 1. The first kappa shape index (κ1) is 24.2. The Labute approximate surface area is 153 Å². The molecule has 0 bridgehead atoms. The fourth-order valence-corrected chi connectivity index (χ4v) is 1.99. The Balaban J connectivity index is 0. The van der Waals surface area contributed by atoms with Gasteiger partial charge in [-0.15, -0.1) is 5.56 Å². The average molecular weight is 494 g/mol. The second-order valence-corrected chi connectivity index (χ2v) is 4.72. The van der Waals surface area contributed by atoms with E-state index < -0.39 is 24.5 Å². The summed E-state index contributed by atoms with van der Waals surface area (Å²) >= 11 is 0. The molecule has 1 fully saturated rings. The Morgan fingerprint density at radius 1 is 1.35 bits per heavy atom. The first-order valence-corrected chi connectivity index (χ1v) is 7.11. The van der Waals surface area contributed by atoms with Crippen molar-refractivity contribution in [3.8, 4) is 5.75 Å². The maximum Gasteiger partial charge on any atom is 2.00 e. The molecule has 0 aromatic heterocycles. The zero-order valence-electron chi connectivity index (χ0n) is 14.1. The quantitative estimate of drug-likeness (QED) is 0.633. The zero-order valence-corrected chi connectivity index (χ0v) is 17.0. The van der Waals surface area contributed by atoms with E-state index in [0.29, 0.717) is 5.75 Å². The summed E-state index contributed by atoms with van der Waals surface area (Å²) < 4.78 is 10.9. The average Bonchev–Trinajstić information content (AvgIpc) is 2.44. The standard InChI is InChI=1S/C14H17O5.C2H6.CH3.W/c1-8-3-4-11(5-9(8)2)18-13-7-10(15)6-12(19-13)14(16)17;1-2;;/h3-5,10,12-13,15H,1,6-7H2,2H3,(H,16,17);1-2H3;1H3;/q-1;;-1;+2. The Morgan fingerprint density at radius 3 is 2.48 bits per heavy atom. The maximum absolute atomic E-state index is 10.9. The molecule has 5 nitrogen and oxygen atoms in total. The molecule has 0 saturated carbocycles. The molecule has 6 heteroatoms. The summed E-state index contributed by atoms with van der Waals surface area (Å²) in [7, 11) is 0. The molecule has 1 saturated heterocycles. The first-order chi connectivity index (χ1) is 9.95. The summed E-state index contributed by atoms with van der Waals surface area (Å²) in [6, 6.07) is 5.37. The Bertz CT molecular complexity index is 478. The van der Waals surface area contributed by atoms with Crippen LogP contribution in [0.2, 0.25) is 0 Å². The third-order valence-electron chi connectivity index (χ3n) is 3.12. The Morgan fingerprint density at radius 2 is 1.96 bits per heavy atom. The van der Waals surface area contributed by atoms with Crippen molar-refractivity contribution >= 4 is 5.97 Å². The molecule has 1 aromatic carbocycles. The van der Waals surface area contributed by atoms with Gasteiger partial charge in [-0.05, 0) is 0 Å². The number of hydrogen-bond donors (Lipinski definition) is 2. The molecule has 3 atom stereocenters. The topological polar surface area (TPSA) is 76.0 Å². The van der Waals surface area contributed by atoms with Crippen LogP contribution >= 0.6 is 0 Å². The van der Waals surface area contributed by atoms with E-state index in [9.17, 15) is 9.90 Å². The number of aliphatic hydroxyl groups excluding tert-OH is 1. The van der Waals surface area contributed by atoms with E-state index in [4.69, 9.17) is 14.6 Å². The van der Waals surface area contributed by atoms with Gasteiger partial charge in [0.2, 0.25) is 6.29 Å². The van der Waals surface area contributed by atoms with Crippen LogP contribution in [0.25, 0.3) is 0 Å². The van der Waals surface area contributed by atoms with Gasteiger partial charge in [0, 0.05) is 12.8 Å². The van der Waals surface area contributed by atoms with Gasteiger partial charge < -0.3 is 27.1 Å². The minimum atomic E-state index is -1.09. The van der Waals surface area contributed by atoms with Crippen molar-refractivity contribution in [3.05, 3.63) is 43.7 Å². The smallest absolute Gasteiger partial charge is 0.479 e. The van der Waals surface area contributed by atoms with E-state index in [2.05, 4.69) is 6.92 Å². The second-order valence-electron chi connectivity index (χ2n) is 4.72. The van der Waals surface area contributed by atoms with Crippen molar-refractivity contribution in [1.82, 2.24) is 0 Å². The molecular weight excluding hydrogens is 468 g/mol. The summed E-state index contributed by atoms with van der Waals surface area (Å²) in [6.07, 6.45) is -2.16. The molecule has 1 aliphatic rings. The number of carboxylic acid groups (broad SMARTS) is 1. The fraction of sp³-hybridized carbons (Fsp3) is 0.471. The third-order valence-corrected chi connectivity index (χ3v) is 3.12. The SMILES string of the molecule is CC.[CH2-]c1ccc(OC2CC(O)CC(C(=O)O)O2)cc1C.[CH3-].[W+2]. The maximum atomic E-state index is 10.9. The van der Waals surface area contributed by atoms with E-state index in [-0.39, 0.29) is 41.3 Å². The predicted molar refractivity (Wildman–Crippen MR) is 85.6 cm³/mol.